The standard InChI is InChI=1S/C25H27N7O3/c33-17(15-32-6-8-34-9-7-32)12-26-14-24-30-31-25(35-24)20-10-16(11-23-21(20)13-28-29-23)18-2-1-3-22-19(18)4-5-27-22/h1-5,10-11,13,17,26-27,33H,6-9,12,14-15H2,(H,28,29). The molecule has 1 unspecified atom stereocenters. The summed E-state index contributed by atoms with van der Waals surface area (Å²) in [4.78, 5) is 5.47. The molecular weight excluding hydrogens is 446 g/mol. The van der Waals surface area contributed by atoms with Gasteiger partial charge in [-0.25, -0.2) is 0 Å². The first-order chi connectivity index (χ1) is 17.2. The lowest BCUT2D eigenvalue weighted by Gasteiger charge is -2.28. The summed E-state index contributed by atoms with van der Waals surface area (Å²) in [5, 5.41) is 31.4. The molecule has 1 aliphatic heterocycles. The number of hydrogen-bond acceptors (Lipinski definition) is 8. The molecule has 10 heteroatoms. The van der Waals surface area contributed by atoms with Gasteiger partial charge in [0.1, 0.15) is 0 Å². The summed E-state index contributed by atoms with van der Waals surface area (Å²) in [6.07, 6.45) is 3.24. The zero-order valence-electron chi connectivity index (χ0n) is 19.2. The molecule has 35 heavy (non-hydrogen) atoms. The number of aliphatic hydroxyl groups is 1. The van der Waals surface area contributed by atoms with E-state index < -0.39 is 6.10 Å². The number of nitrogens with one attached hydrogen (secondary N) is 3. The van der Waals surface area contributed by atoms with Crippen LogP contribution in [0.4, 0.5) is 0 Å². The summed E-state index contributed by atoms with van der Waals surface area (Å²) in [5.74, 6) is 0.901. The van der Waals surface area contributed by atoms with Crippen LogP contribution in [0.25, 0.3) is 44.4 Å². The number of nitrogens with zero attached hydrogens (tertiary/aromatic N) is 4. The van der Waals surface area contributed by atoms with E-state index in [4.69, 9.17) is 9.15 Å². The summed E-state index contributed by atoms with van der Waals surface area (Å²) in [5.41, 5.74) is 4.94. The maximum absolute atomic E-state index is 10.3. The fourth-order valence-electron chi connectivity index (χ4n) is 4.65. The molecule has 0 spiro atoms. The van der Waals surface area contributed by atoms with E-state index in [1.807, 2.05) is 12.3 Å². The van der Waals surface area contributed by atoms with E-state index in [0.29, 0.717) is 31.4 Å². The highest BCUT2D eigenvalue weighted by molar-refractivity contribution is 6.01. The van der Waals surface area contributed by atoms with Gasteiger partial charge in [-0.3, -0.25) is 10.00 Å². The number of hydrogen-bond donors (Lipinski definition) is 4. The van der Waals surface area contributed by atoms with Gasteiger partial charge in [0, 0.05) is 48.7 Å². The molecule has 3 aromatic heterocycles. The van der Waals surface area contributed by atoms with E-state index in [9.17, 15) is 5.11 Å². The Hall–Kier alpha value is -3.57. The van der Waals surface area contributed by atoms with E-state index in [0.717, 1.165) is 64.8 Å². The molecule has 2 aromatic carbocycles. The average Bonchev–Trinajstić information content (AvgIpc) is 3.64. The van der Waals surface area contributed by atoms with Crippen molar-refractivity contribution in [3.05, 3.63) is 54.7 Å². The van der Waals surface area contributed by atoms with Crippen LogP contribution in [0.5, 0.6) is 0 Å². The van der Waals surface area contributed by atoms with Gasteiger partial charge >= 0.3 is 0 Å². The second-order valence-electron chi connectivity index (χ2n) is 8.80. The van der Waals surface area contributed by atoms with Crippen LogP contribution in [0.3, 0.4) is 0 Å². The van der Waals surface area contributed by atoms with Crippen LogP contribution in [0.15, 0.2) is 53.2 Å². The molecule has 0 saturated carbocycles. The van der Waals surface area contributed by atoms with Crippen LogP contribution in [-0.2, 0) is 11.3 Å². The molecule has 1 aliphatic rings. The van der Waals surface area contributed by atoms with Gasteiger partial charge in [0.05, 0.1) is 43.1 Å². The summed E-state index contributed by atoms with van der Waals surface area (Å²) >= 11 is 0. The van der Waals surface area contributed by atoms with E-state index in [1.54, 1.807) is 6.20 Å². The molecule has 1 saturated heterocycles. The molecule has 0 radical (unpaired) electrons. The van der Waals surface area contributed by atoms with Crippen LogP contribution in [0.1, 0.15) is 5.89 Å². The molecule has 0 amide bonds. The van der Waals surface area contributed by atoms with Crippen LogP contribution < -0.4 is 5.32 Å². The molecule has 180 valence electrons. The Morgan fingerprint density at radius 3 is 2.89 bits per heavy atom. The van der Waals surface area contributed by atoms with Crippen molar-refractivity contribution in [2.45, 2.75) is 12.6 Å². The van der Waals surface area contributed by atoms with Gasteiger partial charge in [-0.15, -0.1) is 10.2 Å². The average molecular weight is 474 g/mol. The van der Waals surface area contributed by atoms with Gasteiger partial charge in [0.25, 0.3) is 0 Å². The molecule has 4 N–H and O–H groups in total. The fourth-order valence-corrected chi connectivity index (χ4v) is 4.65. The van der Waals surface area contributed by atoms with Gasteiger partial charge in [0.2, 0.25) is 11.8 Å². The van der Waals surface area contributed by atoms with Crippen molar-refractivity contribution in [1.82, 2.24) is 35.6 Å². The Morgan fingerprint density at radius 1 is 1.06 bits per heavy atom. The number of benzene rings is 2. The topological polar surface area (TPSA) is 128 Å². The van der Waals surface area contributed by atoms with Crippen molar-refractivity contribution in [3.63, 3.8) is 0 Å². The predicted molar refractivity (Wildman–Crippen MR) is 132 cm³/mol. The van der Waals surface area contributed by atoms with Gasteiger partial charge in [-0.05, 0) is 35.4 Å². The fraction of sp³-hybridized carbons (Fsp3) is 0.320. The highest BCUT2D eigenvalue weighted by Gasteiger charge is 2.18. The number of aromatic nitrogens is 5. The molecule has 4 heterocycles. The number of β-amino-alcohol motifs (C(OH)–C–C–N with tert-alkyl or cyclic N) is 1. The Labute approximate surface area is 201 Å². The smallest absolute Gasteiger partial charge is 0.248 e. The summed E-state index contributed by atoms with van der Waals surface area (Å²) in [6.45, 7) is 4.58. The second-order valence-corrected chi connectivity index (χ2v) is 8.80. The first kappa shape index (κ1) is 21.9. The zero-order chi connectivity index (χ0) is 23.6. The van der Waals surface area contributed by atoms with Crippen LogP contribution in [-0.4, -0.2) is 80.9 Å². The molecule has 1 fully saturated rings. The van der Waals surface area contributed by atoms with Gasteiger partial charge < -0.3 is 24.6 Å². The lowest BCUT2D eigenvalue weighted by Crippen LogP contribution is -2.43. The minimum absolute atomic E-state index is 0.379. The quantitative estimate of drug-likeness (QED) is 0.271. The molecule has 1 atom stereocenters. The third-order valence-electron chi connectivity index (χ3n) is 6.39. The zero-order valence-corrected chi connectivity index (χ0v) is 19.2. The van der Waals surface area contributed by atoms with Crippen molar-refractivity contribution in [2.75, 3.05) is 39.4 Å². The van der Waals surface area contributed by atoms with Gasteiger partial charge in [0.15, 0.2) is 0 Å². The molecule has 6 rings (SSSR count). The van der Waals surface area contributed by atoms with E-state index in [2.05, 4.69) is 65.9 Å². The number of ether oxygens (including phenoxy) is 1. The normalized spacial score (nSPS) is 15.8. The lowest BCUT2D eigenvalue weighted by atomic mass is 9.98. The van der Waals surface area contributed by atoms with Crippen LogP contribution >= 0.6 is 0 Å². The van der Waals surface area contributed by atoms with Crippen molar-refractivity contribution in [3.8, 4) is 22.6 Å². The van der Waals surface area contributed by atoms with Crippen molar-refractivity contribution < 1.29 is 14.3 Å². The largest absolute Gasteiger partial charge is 0.419 e. The third kappa shape index (κ3) is 4.56. The number of aliphatic hydroxyl groups excluding tert-OH is 1. The maximum atomic E-state index is 10.3. The van der Waals surface area contributed by atoms with Gasteiger partial charge in [-0.1, -0.05) is 12.1 Å². The molecular formula is C25H27N7O3. The summed E-state index contributed by atoms with van der Waals surface area (Å²) in [7, 11) is 0. The van der Waals surface area contributed by atoms with Crippen molar-refractivity contribution in [2.24, 2.45) is 0 Å². The number of aromatic amines is 2. The Balaban J connectivity index is 1.20. The highest BCUT2D eigenvalue weighted by Crippen LogP contribution is 2.35. The van der Waals surface area contributed by atoms with E-state index in [1.165, 1.54) is 0 Å². The lowest BCUT2D eigenvalue weighted by molar-refractivity contribution is 0.0148. The van der Waals surface area contributed by atoms with Gasteiger partial charge in [-0.2, -0.15) is 5.10 Å². The third-order valence-corrected chi connectivity index (χ3v) is 6.39. The molecule has 10 nitrogen and oxygen atoms in total. The minimum atomic E-state index is -0.478. The summed E-state index contributed by atoms with van der Waals surface area (Å²) < 4.78 is 11.4. The molecule has 5 aromatic rings. The minimum Gasteiger partial charge on any atom is -0.419 e. The second kappa shape index (κ2) is 9.59. The first-order valence-electron chi connectivity index (χ1n) is 11.8. The Morgan fingerprint density at radius 2 is 1.97 bits per heavy atom. The Bertz CT molecular complexity index is 1430. The van der Waals surface area contributed by atoms with Crippen LogP contribution in [0.2, 0.25) is 0 Å². The molecule has 0 aliphatic carbocycles. The first-order valence-corrected chi connectivity index (χ1v) is 11.8. The maximum Gasteiger partial charge on any atom is 0.248 e. The Kier molecular flexibility index (Phi) is 6.01. The van der Waals surface area contributed by atoms with Crippen molar-refractivity contribution in [1.29, 1.82) is 0 Å². The van der Waals surface area contributed by atoms with Crippen LogP contribution in [0, 0.1) is 0 Å². The number of H-pyrrole nitrogens is 2. The highest BCUT2D eigenvalue weighted by atomic mass is 16.5. The number of rotatable bonds is 8. The number of fused-ring (bicyclic) bond motifs is 2. The predicted octanol–water partition coefficient (Wildman–Crippen LogP) is 2.54. The van der Waals surface area contributed by atoms with Crippen molar-refractivity contribution >= 4 is 21.8 Å². The SMILES string of the molecule is OC(CNCc1nnc(-c2cc(-c3cccc4[nH]ccc34)cc3[nH]ncc23)o1)CN1CCOCC1. The van der Waals surface area contributed by atoms with E-state index >= 15 is 0 Å². The van der Waals surface area contributed by atoms with E-state index in [-0.39, 0.29) is 0 Å². The molecule has 0 bridgehead atoms. The summed E-state index contributed by atoms with van der Waals surface area (Å²) in [6, 6.07) is 12.4. The monoisotopic (exact) mass is 473 g/mol. The number of morpholine rings is 1.